The van der Waals surface area contributed by atoms with Gasteiger partial charge in [-0.15, -0.1) is 0 Å². The average Bonchev–Trinajstić information content (AvgIpc) is 2.74. The van der Waals surface area contributed by atoms with Crippen LogP contribution in [-0.4, -0.2) is 27.0 Å². The third-order valence-corrected chi connectivity index (χ3v) is 3.28. The van der Waals surface area contributed by atoms with Gasteiger partial charge in [0, 0.05) is 29.3 Å². The Morgan fingerprint density at radius 1 is 1.30 bits per heavy atom. The van der Waals surface area contributed by atoms with Crippen LogP contribution in [0, 0.1) is 0 Å². The van der Waals surface area contributed by atoms with E-state index >= 15 is 0 Å². The molecule has 1 saturated heterocycles. The molecule has 1 N–H and O–H groups in total. The summed E-state index contributed by atoms with van der Waals surface area (Å²) in [5.74, 6) is 0.183. The maximum absolute atomic E-state index is 11.5. The number of nitrogens with zero attached hydrogens (tertiary/aromatic N) is 1. The highest BCUT2D eigenvalue weighted by atomic mass is 35.7. The molecule has 0 saturated carbocycles. The quantitative estimate of drug-likeness (QED) is 0.850. The van der Waals surface area contributed by atoms with Crippen molar-refractivity contribution in [3.8, 4) is 5.75 Å². The van der Waals surface area contributed by atoms with E-state index < -0.39 is 15.3 Å². The first-order valence-corrected chi connectivity index (χ1v) is 8.01. The Morgan fingerprint density at radius 2 is 1.95 bits per heavy atom. The standard InChI is InChI=1S/C11H11ClN2O5S/c12-20(17,18)13-11(16)19-9-5-3-8(4-6-9)14-7-1-2-10(14)15/h3-6H,1-2,7H2,(H,13,16). The molecule has 1 aromatic rings. The number of ether oxygens (including phenoxy) is 1. The third kappa shape index (κ3) is 3.84. The number of halogens is 1. The largest absolute Gasteiger partial charge is 0.427 e. The summed E-state index contributed by atoms with van der Waals surface area (Å²) in [6, 6.07) is 6.14. The topological polar surface area (TPSA) is 92.8 Å². The highest BCUT2D eigenvalue weighted by Gasteiger charge is 2.21. The van der Waals surface area contributed by atoms with Gasteiger partial charge in [0.15, 0.2) is 0 Å². The fourth-order valence-corrected chi connectivity index (χ4v) is 2.27. The Morgan fingerprint density at radius 3 is 2.45 bits per heavy atom. The molecule has 0 atom stereocenters. The molecule has 1 aliphatic rings. The van der Waals surface area contributed by atoms with Gasteiger partial charge in [0.1, 0.15) is 5.75 Å². The molecule has 1 aliphatic heterocycles. The second kappa shape index (κ2) is 5.68. The molecule has 2 rings (SSSR count). The van der Waals surface area contributed by atoms with Crippen molar-refractivity contribution in [2.24, 2.45) is 0 Å². The zero-order chi connectivity index (χ0) is 14.8. The predicted molar refractivity (Wildman–Crippen MR) is 72.0 cm³/mol. The SMILES string of the molecule is O=C(NS(=O)(=O)Cl)Oc1ccc(N2CCCC2=O)cc1. The second-order valence-corrected chi connectivity index (χ2v) is 6.37. The molecule has 1 fully saturated rings. The van der Waals surface area contributed by atoms with Crippen molar-refractivity contribution in [1.29, 1.82) is 0 Å². The highest BCUT2D eigenvalue weighted by molar-refractivity contribution is 8.12. The lowest BCUT2D eigenvalue weighted by Gasteiger charge is -2.15. The molecule has 0 radical (unpaired) electrons. The number of anilines is 1. The lowest BCUT2D eigenvalue weighted by molar-refractivity contribution is -0.117. The van der Waals surface area contributed by atoms with Crippen LogP contribution in [0.3, 0.4) is 0 Å². The normalized spacial score (nSPS) is 15.2. The smallest absolute Gasteiger partial charge is 0.410 e. The highest BCUT2D eigenvalue weighted by Crippen LogP contribution is 2.23. The number of carbonyl (C=O) groups excluding carboxylic acids is 2. The van der Waals surface area contributed by atoms with E-state index in [2.05, 4.69) is 0 Å². The zero-order valence-electron chi connectivity index (χ0n) is 10.2. The molecule has 108 valence electrons. The minimum Gasteiger partial charge on any atom is -0.410 e. The van der Waals surface area contributed by atoms with Crippen molar-refractivity contribution in [1.82, 2.24) is 4.72 Å². The second-order valence-electron chi connectivity index (χ2n) is 4.07. The van der Waals surface area contributed by atoms with Crippen molar-refractivity contribution >= 4 is 37.6 Å². The van der Waals surface area contributed by atoms with E-state index in [0.717, 1.165) is 6.42 Å². The van der Waals surface area contributed by atoms with Crippen LogP contribution in [0.5, 0.6) is 5.75 Å². The summed E-state index contributed by atoms with van der Waals surface area (Å²) in [4.78, 5) is 24.3. The van der Waals surface area contributed by atoms with Crippen LogP contribution in [0.15, 0.2) is 24.3 Å². The first kappa shape index (κ1) is 14.6. The van der Waals surface area contributed by atoms with E-state index in [1.807, 2.05) is 0 Å². The van der Waals surface area contributed by atoms with E-state index in [1.165, 1.54) is 16.9 Å². The van der Waals surface area contributed by atoms with Crippen molar-refractivity contribution < 1.29 is 22.7 Å². The zero-order valence-corrected chi connectivity index (χ0v) is 11.8. The van der Waals surface area contributed by atoms with Crippen molar-refractivity contribution in [3.63, 3.8) is 0 Å². The first-order valence-electron chi connectivity index (χ1n) is 5.70. The van der Waals surface area contributed by atoms with Crippen LogP contribution in [-0.2, 0) is 14.0 Å². The van der Waals surface area contributed by atoms with Gasteiger partial charge in [-0.2, -0.15) is 8.42 Å². The molecule has 20 heavy (non-hydrogen) atoms. The van der Waals surface area contributed by atoms with Crippen LogP contribution < -0.4 is 14.4 Å². The van der Waals surface area contributed by atoms with Gasteiger partial charge >= 0.3 is 15.3 Å². The van der Waals surface area contributed by atoms with E-state index in [0.29, 0.717) is 18.7 Å². The maximum Gasteiger partial charge on any atom is 0.427 e. The molecule has 1 heterocycles. The summed E-state index contributed by atoms with van der Waals surface area (Å²) in [6.45, 7) is 0.657. The molecular formula is C11H11ClN2O5S. The number of amides is 2. The van der Waals surface area contributed by atoms with Crippen molar-refractivity contribution in [2.45, 2.75) is 12.8 Å². The van der Waals surface area contributed by atoms with Crippen LogP contribution in [0.2, 0.25) is 0 Å². The number of carbonyl (C=O) groups is 2. The minimum absolute atomic E-state index is 0.0460. The van der Waals surface area contributed by atoms with Crippen molar-refractivity contribution in [3.05, 3.63) is 24.3 Å². The molecule has 9 heteroatoms. The monoisotopic (exact) mass is 318 g/mol. The molecule has 0 unspecified atom stereocenters. The number of hydrogen-bond acceptors (Lipinski definition) is 5. The molecule has 0 aromatic heterocycles. The van der Waals surface area contributed by atoms with Gasteiger partial charge in [-0.05, 0) is 30.7 Å². The van der Waals surface area contributed by atoms with Crippen LogP contribution >= 0.6 is 10.7 Å². The lowest BCUT2D eigenvalue weighted by Crippen LogP contribution is -2.29. The Bertz CT molecular complexity index is 629. The fraction of sp³-hybridized carbons (Fsp3) is 0.273. The molecule has 7 nitrogen and oxygen atoms in total. The van der Waals surface area contributed by atoms with Crippen LogP contribution in [0.25, 0.3) is 0 Å². The van der Waals surface area contributed by atoms with Gasteiger partial charge < -0.3 is 9.64 Å². The predicted octanol–water partition coefficient (Wildman–Crippen LogP) is 1.39. The Balaban J connectivity index is 2.01. The molecule has 0 bridgehead atoms. The Kier molecular flexibility index (Phi) is 4.15. The van der Waals surface area contributed by atoms with Gasteiger partial charge in [-0.25, -0.2) is 9.52 Å². The van der Waals surface area contributed by atoms with Gasteiger partial charge in [0.05, 0.1) is 0 Å². The van der Waals surface area contributed by atoms with Gasteiger partial charge in [-0.1, -0.05) is 0 Å². The fourth-order valence-electron chi connectivity index (χ4n) is 1.84. The molecule has 2 amide bonds. The van der Waals surface area contributed by atoms with Crippen molar-refractivity contribution in [2.75, 3.05) is 11.4 Å². The third-order valence-electron chi connectivity index (χ3n) is 2.64. The van der Waals surface area contributed by atoms with Gasteiger partial charge in [0.2, 0.25) is 5.91 Å². The van der Waals surface area contributed by atoms with E-state index in [4.69, 9.17) is 15.4 Å². The number of hydrogen-bond donors (Lipinski definition) is 1. The first-order chi connectivity index (χ1) is 9.35. The number of rotatable bonds is 3. The summed E-state index contributed by atoms with van der Waals surface area (Å²) < 4.78 is 27.4. The van der Waals surface area contributed by atoms with E-state index in [1.54, 1.807) is 17.0 Å². The molecular weight excluding hydrogens is 308 g/mol. The number of nitrogens with one attached hydrogen (secondary N) is 1. The number of benzene rings is 1. The van der Waals surface area contributed by atoms with E-state index in [9.17, 15) is 18.0 Å². The minimum atomic E-state index is -4.18. The van der Waals surface area contributed by atoms with Crippen LogP contribution in [0.4, 0.5) is 10.5 Å². The Hall–Kier alpha value is -1.80. The maximum atomic E-state index is 11.5. The summed E-state index contributed by atoms with van der Waals surface area (Å²) >= 11 is 0. The summed E-state index contributed by atoms with van der Waals surface area (Å²) in [5.41, 5.74) is 0.699. The molecule has 0 aliphatic carbocycles. The van der Waals surface area contributed by atoms with E-state index in [-0.39, 0.29) is 11.7 Å². The van der Waals surface area contributed by atoms with Gasteiger partial charge in [-0.3, -0.25) is 4.79 Å². The Labute approximate surface area is 120 Å². The summed E-state index contributed by atoms with van der Waals surface area (Å²) in [7, 11) is 0.661. The average molecular weight is 319 g/mol. The van der Waals surface area contributed by atoms with Gasteiger partial charge in [0.25, 0.3) is 0 Å². The summed E-state index contributed by atoms with van der Waals surface area (Å²) in [6.07, 6.45) is 0.131. The molecule has 1 aromatic carbocycles. The molecule has 0 spiro atoms. The summed E-state index contributed by atoms with van der Waals surface area (Å²) in [5, 5.41) is 0. The lowest BCUT2D eigenvalue weighted by atomic mass is 10.3. The van der Waals surface area contributed by atoms with Crippen LogP contribution in [0.1, 0.15) is 12.8 Å².